The van der Waals surface area contributed by atoms with Crippen molar-refractivity contribution in [2.24, 2.45) is 0 Å². The predicted octanol–water partition coefficient (Wildman–Crippen LogP) is -0.292. The van der Waals surface area contributed by atoms with Gasteiger partial charge < -0.3 is 9.84 Å². The maximum Gasteiger partial charge on any atom is 0.330 e. The average molecular weight is 117 g/mol. The first-order valence-corrected chi connectivity index (χ1v) is 2.21. The Morgan fingerprint density at radius 3 is 2.88 bits per heavy atom. The SMILES string of the molecule is C=C[13C](=O)OCCO. The van der Waals surface area contributed by atoms with Crippen molar-refractivity contribution < 1.29 is 14.6 Å². The summed E-state index contributed by atoms with van der Waals surface area (Å²) in [5.41, 5.74) is 0. The van der Waals surface area contributed by atoms with Gasteiger partial charge in [0.15, 0.2) is 0 Å². The number of carbonyl (C=O) groups is 1. The van der Waals surface area contributed by atoms with Crippen LogP contribution in [0.2, 0.25) is 0 Å². The van der Waals surface area contributed by atoms with Gasteiger partial charge in [-0.25, -0.2) is 4.79 Å². The number of rotatable bonds is 3. The van der Waals surface area contributed by atoms with E-state index in [1.54, 1.807) is 0 Å². The second-order valence-electron chi connectivity index (χ2n) is 1.10. The van der Waals surface area contributed by atoms with Crippen LogP contribution in [0.4, 0.5) is 0 Å². The summed E-state index contributed by atoms with van der Waals surface area (Å²) in [5.74, 6) is -0.501. The lowest BCUT2D eigenvalue weighted by atomic mass is 10.8. The topological polar surface area (TPSA) is 46.5 Å². The summed E-state index contributed by atoms with van der Waals surface area (Å²) in [5, 5.41) is 8.10. The van der Waals surface area contributed by atoms with Crippen molar-refractivity contribution in [3.8, 4) is 0 Å². The summed E-state index contributed by atoms with van der Waals surface area (Å²) in [7, 11) is 0. The van der Waals surface area contributed by atoms with Gasteiger partial charge in [0.1, 0.15) is 6.61 Å². The highest BCUT2D eigenvalue weighted by atomic mass is 16.6. The zero-order valence-electron chi connectivity index (χ0n) is 4.46. The second kappa shape index (κ2) is 4.33. The predicted molar refractivity (Wildman–Crippen MR) is 28.2 cm³/mol. The Hall–Kier alpha value is -0.830. The summed E-state index contributed by atoms with van der Waals surface area (Å²) < 4.78 is 4.33. The van der Waals surface area contributed by atoms with Crippen molar-refractivity contribution in [1.29, 1.82) is 0 Å². The smallest absolute Gasteiger partial charge is 0.330 e. The van der Waals surface area contributed by atoms with Crippen LogP contribution in [0, 0.1) is 0 Å². The van der Waals surface area contributed by atoms with Gasteiger partial charge in [-0.1, -0.05) is 6.58 Å². The van der Waals surface area contributed by atoms with E-state index in [9.17, 15) is 4.79 Å². The van der Waals surface area contributed by atoms with E-state index in [1.165, 1.54) is 0 Å². The molecule has 0 aliphatic rings. The summed E-state index contributed by atoms with van der Waals surface area (Å²) in [6.45, 7) is 3.06. The van der Waals surface area contributed by atoms with E-state index in [0.29, 0.717) is 0 Å². The van der Waals surface area contributed by atoms with Crippen LogP contribution in [0.15, 0.2) is 12.7 Å². The average Bonchev–Trinajstić information content (AvgIpc) is 1.83. The minimum absolute atomic E-state index is 0.0465. The number of esters is 1. The normalized spacial score (nSPS) is 8.12. The van der Waals surface area contributed by atoms with Crippen LogP contribution in [0.5, 0.6) is 0 Å². The largest absolute Gasteiger partial charge is 0.460 e. The Bertz CT molecular complexity index is 87.7. The number of hydrogen-bond donors (Lipinski definition) is 1. The van der Waals surface area contributed by atoms with E-state index in [0.717, 1.165) is 6.08 Å². The molecule has 0 saturated heterocycles. The molecule has 0 unspecified atom stereocenters. The fourth-order valence-electron chi connectivity index (χ4n) is 0.205. The van der Waals surface area contributed by atoms with Gasteiger partial charge in [0, 0.05) is 6.08 Å². The highest BCUT2D eigenvalue weighted by Crippen LogP contribution is 1.75. The van der Waals surface area contributed by atoms with Crippen LogP contribution in [0.1, 0.15) is 0 Å². The molecule has 0 fully saturated rings. The number of aliphatic hydroxyl groups excluding tert-OH is 1. The molecule has 0 aromatic carbocycles. The molecule has 3 nitrogen and oxygen atoms in total. The van der Waals surface area contributed by atoms with Crippen molar-refractivity contribution in [3.63, 3.8) is 0 Å². The van der Waals surface area contributed by atoms with Gasteiger partial charge in [-0.3, -0.25) is 0 Å². The van der Waals surface area contributed by atoms with E-state index < -0.39 is 5.97 Å². The third kappa shape index (κ3) is 3.36. The summed E-state index contributed by atoms with van der Waals surface area (Å²) in [4.78, 5) is 10.1. The molecule has 0 aliphatic carbocycles. The minimum atomic E-state index is -0.501. The van der Waals surface area contributed by atoms with E-state index >= 15 is 0 Å². The number of hydrogen-bond acceptors (Lipinski definition) is 3. The van der Waals surface area contributed by atoms with E-state index in [1.807, 2.05) is 0 Å². The molecule has 0 spiro atoms. The number of carbonyl (C=O) groups excluding carboxylic acids is 1. The number of aliphatic hydroxyl groups is 1. The zero-order valence-corrected chi connectivity index (χ0v) is 4.46. The van der Waals surface area contributed by atoms with Crippen molar-refractivity contribution in [3.05, 3.63) is 12.7 Å². The summed E-state index contributed by atoms with van der Waals surface area (Å²) in [6.07, 6.45) is 1.05. The quantitative estimate of drug-likeness (QED) is 0.314. The van der Waals surface area contributed by atoms with Gasteiger partial charge in [0.05, 0.1) is 6.61 Å². The van der Waals surface area contributed by atoms with Gasteiger partial charge in [0.25, 0.3) is 0 Å². The molecule has 8 heavy (non-hydrogen) atoms. The van der Waals surface area contributed by atoms with Crippen LogP contribution in [0.25, 0.3) is 0 Å². The molecule has 0 atom stereocenters. The molecule has 0 bridgehead atoms. The maximum atomic E-state index is 10.1. The van der Waals surface area contributed by atoms with Crippen molar-refractivity contribution in [1.82, 2.24) is 0 Å². The van der Waals surface area contributed by atoms with Gasteiger partial charge in [-0.05, 0) is 0 Å². The lowest BCUT2D eigenvalue weighted by molar-refractivity contribution is -0.138. The monoisotopic (exact) mass is 117 g/mol. The highest BCUT2D eigenvalue weighted by molar-refractivity contribution is 5.81. The molecule has 46 valence electrons. The molecule has 1 N–H and O–H groups in total. The molecule has 0 aromatic heterocycles. The first-order valence-electron chi connectivity index (χ1n) is 2.21. The molecule has 0 heterocycles. The molecule has 0 aliphatic heterocycles. The van der Waals surface area contributed by atoms with Gasteiger partial charge >= 0.3 is 5.97 Å². The molecule has 0 aromatic rings. The van der Waals surface area contributed by atoms with Gasteiger partial charge in [-0.2, -0.15) is 0 Å². The van der Waals surface area contributed by atoms with Crippen molar-refractivity contribution >= 4 is 5.97 Å². The molecule has 0 amide bonds. The Morgan fingerprint density at radius 1 is 1.88 bits per heavy atom. The van der Waals surface area contributed by atoms with Gasteiger partial charge in [0.2, 0.25) is 0 Å². The third-order valence-electron chi connectivity index (χ3n) is 0.502. The van der Waals surface area contributed by atoms with E-state index in [4.69, 9.17) is 5.11 Å². The lowest BCUT2D eigenvalue weighted by Crippen LogP contribution is -2.04. The Morgan fingerprint density at radius 2 is 2.50 bits per heavy atom. The van der Waals surface area contributed by atoms with Crippen LogP contribution >= 0.6 is 0 Å². The van der Waals surface area contributed by atoms with Crippen LogP contribution in [-0.2, 0) is 9.53 Å². The molecular formula is C5H8O3. The van der Waals surface area contributed by atoms with E-state index in [2.05, 4.69) is 11.3 Å². The summed E-state index contributed by atoms with van der Waals surface area (Å²) >= 11 is 0. The molecule has 0 rings (SSSR count). The number of ether oxygens (including phenoxy) is 1. The van der Waals surface area contributed by atoms with Crippen molar-refractivity contribution in [2.45, 2.75) is 0 Å². The third-order valence-corrected chi connectivity index (χ3v) is 0.502. The maximum absolute atomic E-state index is 10.1. The van der Waals surface area contributed by atoms with Crippen molar-refractivity contribution in [2.75, 3.05) is 13.2 Å². The second-order valence-corrected chi connectivity index (χ2v) is 1.10. The fourth-order valence-corrected chi connectivity index (χ4v) is 0.205. The Labute approximate surface area is 47.6 Å². The Kier molecular flexibility index (Phi) is 3.88. The molecule has 0 radical (unpaired) electrons. The lowest BCUT2D eigenvalue weighted by Gasteiger charge is -1.94. The minimum Gasteiger partial charge on any atom is -0.460 e. The zero-order chi connectivity index (χ0) is 6.41. The Balaban J connectivity index is 3.11. The van der Waals surface area contributed by atoms with E-state index in [-0.39, 0.29) is 13.2 Å². The van der Waals surface area contributed by atoms with Crippen LogP contribution in [-0.4, -0.2) is 24.3 Å². The first-order chi connectivity index (χ1) is 3.81. The van der Waals surface area contributed by atoms with Gasteiger partial charge in [-0.15, -0.1) is 0 Å². The van der Waals surface area contributed by atoms with Crippen LogP contribution < -0.4 is 0 Å². The fraction of sp³-hybridized carbons (Fsp3) is 0.400. The molecule has 3 heteroatoms. The van der Waals surface area contributed by atoms with Crippen LogP contribution in [0.3, 0.4) is 0 Å². The highest BCUT2D eigenvalue weighted by Gasteiger charge is 1.90. The standard InChI is InChI=1S/C5H8O3/c1-2-5(7)8-4-3-6/h2,6H,1,3-4H2/i5+1. The molecule has 0 saturated carbocycles. The first kappa shape index (κ1) is 7.17. The molecular weight excluding hydrogens is 109 g/mol. The summed E-state index contributed by atoms with van der Waals surface area (Å²) in [6, 6.07) is 0.